The van der Waals surface area contributed by atoms with Crippen LogP contribution in [0, 0.1) is 0 Å². The molecule has 0 radical (unpaired) electrons. The Hall–Kier alpha value is -3.19. The molecule has 0 saturated heterocycles. The summed E-state index contributed by atoms with van der Waals surface area (Å²) < 4.78 is 14.4. The molecule has 0 heterocycles. The topological polar surface area (TPSA) is 0 Å². The molecule has 0 bridgehead atoms. The molecule has 0 unspecified atom stereocenters. The molecule has 0 fully saturated rings. The molecule has 136 valence electrons. The zero-order valence-corrected chi connectivity index (χ0v) is 16.0. The van der Waals surface area contributed by atoms with Crippen molar-refractivity contribution in [1.82, 2.24) is 0 Å². The first-order valence-electron chi connectivity index (χ1n) is 9.70. The van der Waals surface area contributed by atoms with Gasteiger partial charge in [-0.3, -0.25) is 0 Å². The SMILES string of the molecule is C/C=C\C1=C(/C=C(\C)F)C2(c3ccccc31)c1ccccc1-c1ccccc12. The van der Waals surface area contributed by atoms with E-state index in [1.165, 1.54) is 40.3 Å². The van der Waals surface area contributed by atoms with Crippen molar-refractivity contribution in [2.45, 2.75) is 19.3 Å². The number of hydrogen-bond donors (Lipinski definition) is 0. The summed E-state index contributed by atoms with van der Waals surface area (Å²) in [4.78, 5) is 0. The fourth-order valence-electron chi connectivity index (χ4n) is 5.08. The van der Waals surface area contributed by atoms with Gasteiger partial charge < -0.3 is 0 Å². The predicted molar refractivity (Wildman–Crippen MR) is 115 cm³/mol. The lowest BCUT2D eigenvalue weighted by molar-refractivity contribution is 0.635. The fourth-order valence-corrected chi connectivity index (χ4v) is 5.08. The zero-order chi connectivity index (χ0) is 19.3. The maximum Gasteiger partial charge on any atom is 0.0972 e. The van der Waals surface area contributed by atoms with Gasteiger partial charge in [0.05, 0.1) is 11.2 Å². The third kappa shape index (κ3) is 2.05. The van der Waals surface area contributed by atoms with Crippen LogP contribution in [0.25, 0.3) is 16.7 Å². The summed E-state index contributed by atoms with van der Waals surface area (Å²) in [5.74, 6) is -0.175. The van der Waals surface area contributed by atoms with Gasteiger partial charge in [-0.2, -0.15) is 0 Å². The molecule has 0 aromatic heterocycles. The van der Waals surface area contributed by atoms with Crippen molar-refractivity contribution in [3.8, 4) is 11.1 Å². The number of fused-ring (bicyclic) bond motifs is 7. The van der Waals surface area contributed by atoms with Crippen LogP contribution in [-0.4, -0.2) is 0 Å². The molecular formula is C27H21F. The van der Waals surface area contributed by atoms with Gasteiger partial charge in [0.1, 0.15) is 0 Å². The summed E-state index contributed by atoms with van der Waals surface area (Å²) in [6.07, 6.45) is 5.89. The number of hydrogen-bond acceptors (Lipinski definition) is 0. The van der Waals surface area contributed by atoms with Gasteiger partial charge in [-0.25, -0.2) is 4.39 Å². The van der Waals surface area contributed by atoms with Gasteiger partial charge in [-0.1, -0.05) is 84.9 Å². The van der Waals surface area contributed by atoms with E-state index in [4.69, 9.17) is 0 Å². The van der Waals surface area contributed by atoms with Crippen molar-refractivity contribution >= 4 is 5.57 Å². The maximum atomic E-state index is 14.4. The minimum atomic E-state index is -0.480. The van der Waals surface area contributed by atoms with Crippen LogP contribution in [0.5, 0.6) is 0 Å². The second-order valence-electron chi connectivity index (χ2n) is 7.45. The highest BCUT2D eigenvalue weighted by atomic mass is 19.1. The van der Waals surface area contributed by atoms with Crippen molar-refractivity contribution < 1.29 is 4.39 Å². The molecule has 5 rings (SSSR count). The Morgan fingerprint density at radius 1 is 0.750 bits per heavy atom. The van der Waals surface area contributed by atoms with Crippen molar-refractivity contribution in [3.63, 3.8) is 0 Å². The smallest absolute Gasteiger partial charge is 0.0972 e. The van der Waals surface area contributed by atoms with Crippen LogP contribution in [0.2, 0.25) is 0 Å². The Labute approximate surface area is 165 Å². The lowest BCUT2D eigenvalue weighted by atomic mass is 9.69. The summed E-state index contributed by atoms with van der Waals surface area (Å²) in [5, 5.41) is 0. The lowest BCUT2D eigenvalue weighted by Crippen LogP contribution is -2.26. The van der Waals surface area contributed by atoms with Gasteiger partial charge in [0.2, 0.25) is 0 Å². The van der Waals surface area contributed by atoms with Gasteiger partial charge in [0.25, 0.3) is 0 Å². The molecule has 0 nitrogen and oxygen atoms in total. The molecule has 3 aromatic rings. The number of rotatable bonds is 2. The van der Waals surface area contributed by atoms with Crippen LogP contribution < -0.4 is 0 Å². The summed E-state index contributed by atoms with van der Waals surface area (Å²) in [5.41, 5.74) is 8.98. The van der Waals surface area contributed by atoms with Crippen LogP contribution in [0.1, 0.15) is 36.1 Å². The quantitative estimate of drug-likeness (QED) is 0.450. The van der Waals surface area contributed by atoms with E-state index in [-0.39, 0.29) is 5.83 Å². The van der Waals surface area contributed by atoms with Gasteiger partial charge in [-0.15, -0.1) is 0 Å². The van der Waals surface area contributed by atoms with E-state index >= 15 is 0 Å². The Kier molecular flexibility index (Phi) is 3.73. The molecule has 0 aliphatic heterocycles. The largest absolute Gasteiger partial charge is 0.212 e. The first-order valence-corrected chi connectivity index (χ1v) is 9.70. The van der Waals surface area contributed by atoms with Gasteiger partial charge in [-0.05, 0) is 64.5 Å². The fraction of sp³-hybridized carbons (Fsp3) is 0.111. The van der Waals surface area contributed by atoms with Crippen LogP contribution >= 0.6 is 0 Å². The van der Waals surface area contributed by atoms with E-state index < -0.39 is 5.41 Å². The number of halogens is 1. The second kappa shape index (κ2) is 6.17. The van der Waals surface area contributed by atoms with E-state index in [0.717, 1.165) is 11.1 Å². The van der Waals surface area contributed by atoms with Crippen LogP contribution in [0.4, 0.5) is 4.39 Å². The molecule has 0 saturated carbocycles. The van der Waals surface area contributed by atoms with Crippen LogP contribution in [0.3, 0.4) is 0 Å². The standard InChI is InChI=1S/C27H21F/c1-3-10-19-20-11-4-7-14-23(20)27(26(19)17-18(2)28)24-15-8-5-12-21(24)22-13-6-9-16-25(22)27/h3-17H,1-2H3/b10-3-,18-17+. The first kappa shape index (κ1) is 16.9. The lowest BCUT2D eigenvalue weighted by Gasteiger charge is -2.31. The third-order valence-electron chi connectivity index (χ3n) is 5.94. The minimum Gasteiger partial charge on any atom is -0.212 e. The van der Waals surface area contributed by atoms with E-state index in [0.29, 0.717) is 0 Å². The summed E-state index contributed by atoms with van der Waals surface area (Å²) >= 11 is 0. The first-order chi connectivity index (χ1) is 13.7. The molecule has 1 heteroatoms. The molecule has 0 amide bonds. The van der Waals surface area contributed by atoms with E-state index in [2.05, 4.69) is 78.9 Å². The third-order valence-corrected chi connectivity index (χ3v) is 5.94. The molecule has 0 N–H and O–H groups in total. The monoisotopic (exact) mass is 364 g/mol. The molecule has 3 aromatic carbocycles. The van der Waals surface area contributed by atoms with Crippen molar-refractivity contribution in [1.29, 1.82) is 0 Å². The van der Waals surface area contributed by atoms with E-state index in [9.17, 15) is 4.39 Å². The van der Waals surface area contributed by atoms with Gasteiger partial charge in [0, 0.05) is 0 Å². The average molecular weight is 364 g/mol. The Morgan fingerprint density at radius 2 is 1.21 bits per heavy atom. The summed E-state index contributed by atoms with van der Waals surface area (Å²) in [7, 11) is 0. The summed E-state index contributed by atoms with van der Waals surface area (Å²) in [6, 6.07) is 25.6. The highest BCUT2D eigenvalue weighted by Crippen LogP contribution is 2.62. The number of allylic oxidation sites excluding steroid dienone is 6. The predicted octanol–water partition coefficient (Wildman–Crippen LogP) is 7.22. The molecule has 2 aliphatic carbocycles. The molecule has 2 aliphatic rings. The maximum absolute atomic E-state index is 14.4. The zero-order valence-electron chi connectivity index (χ0n) is 16.0. The van der Waals surface area contributed by atoms with Crippen molar-refractivity contribution in [3.05, 3.63) is 125 Å². The van der Waals surface area contributed by atoms with E-state index in [1.54, 1.807) is 6.08 Å². The highest BCUT2D eigenvalue weighted by molar-refractivity contribution is 5.97. The minimum absolute atomic E-state index is 0.175. The Morgan fingerprint density at radius 3 is 1.71 bits per heavy atom. The van der Waals surface area contributed by atoms with Gasteiger partial charge in [0.15, 0.2) is 0 Å². The second-order valence-corrected chi connectivity index (χ2v) is 7.45. The van der Waals surface area contributed by atoms with Crippen molar-refractivity contribution in [2.75, 3.05) is 0 Å². The average Bonchev–Trinajstić information content (AvgIpc) is 3.16. The Balaban J connectivity index is 2.02. The normalized spacial score (nSPS) is 16.6. The summed E-state index contributed by atoms with van der Waals surface area (Å²) in [6.45, 7) is 3.55. The van der Waals surface area contributed by atoms with Crippen LogP contribution in [-0.2, 0) is 5.41 Å². The van der Waals surface area contributed by atoms with E-state index in [1.807, 2.05) is 13.0 Å². The number of benzene rings is 3. The van der Waals surface area contributed by atoms with Gasteiger partial charge >= 0.3 is 0 Å². The molecule has 0 atom stereocenters. The molecule has 28 heavy (non-hydrogen) atoms. The van der Waals surface area contributed by atoms with Crippen molar-refractivity contribution in [2.24, 2.45) is 0 Å². The van der Waals surface area contributed by atoms with Crippen LogP contribution in [0.15, 0.2) is 102 Å². The molecule has 1 spiro atoms. The highest BCUT2D eigenvalue weighted by Gasteiger charge is 2.51. The molecular weight excluding hydrogens is 343 g/mol. The Bertz CT molecular complexity index is 1140.